The molecule has 3 atom stereocenters. The Balaban J connectivity index is 4.15. The standard InChI is InChI=1S/C44H77O9P/c1-3-5-7-9-11-13-14-15-16-17-18-19-20-21-22-23-24-25-26-27-29-31-33-35-37-50-40-43(41-52-54(48,49)51-39-42(46)38-45)53-44(47)36-34-32-30-28-12-10-8-6-4-2/h5,7,11,13,15-16,18-19,21-22,24-25,42-43,45-46H,3-4,6,8-10,12,14,17,20,23,26-41H2,1-2H3,(H,48,49)/b7-5-,13-11-,16-15-,19-18-,22-21-,25-24-. The molecule has 0 radical (unpaired) electrons. The first kappa shape index (κ1) is 51.9. The molecule has 0 aliphatic carbocycles. The Labute approximate surface area is 329 Å². The fourth-order valence-corrected chi connectivity index (χ4v) is 6.03. The second kappa shape index (κ2) is 40.6. The quantitative estimate of drug-likeness (QED) is 0.0241. The lowest BCUT2D eigenvalue weighted by atomic mass is 10.1. The molecule has 0 bridgehead atoms. The summed E-state index contributed by atoms with van der Waals surface area (Å²) in [4.78, 5) is 22.4. The van der Waals surface area contributed by atoms with Crippen molar-refractivity contribution < 1.29 is 43.0 Å². The first-order valence-electron chi connectivity index (χ1n) is 20.9. The van der Waals surface area contributed by atoms with Gasteiger partial charge in [-0.05, 0) is 64.2 Å². The van der Waals surface area contributed by atoms with Crippen molar-refractivity contribution in [3.05, 3.63) is 72.9 Å². The van der Waals surface area contributed by atoms with E-state index in [1.54, 1.807) is 0 Å². The van der Waals surface area contributed by atoms with Gasteiger partial charge in [0.25, 0.3) is 0 Å². The van der Waals surface area contributed by atoms with Gasteiger partial charge in [0.05, 0.1) is 26.4 Å². The molecule has 0 aromatic carbocycles. The van der Waals surface area contributed by atoms with E-state index in [4.69, 9.17) is 23.6 Å². The lowest BCUT2D eigenvalue weighted by Crippen LogP contribution is -2.29. The molecule has 0 heterocycles. The van der Waals surface area contributed by atoms with Crippen LogP contribution in [-0.4, -0.2) is 66.3 Å². The summed E-state index contributed by atoms with van der Waals surface area (Å²) in [5, 5.41) is 18.3. The normalized spacial score (nSPS) is 14.8. The third kappa shape index (κ3) is 39.6. The van der Waals surface area contributed by atoms with Crippen molar-refractivity contribution in [1.82, 2.24) is 0 Å². The van der Waals surface area contributed by atoms with Gasteiger partial charge >= 0.3 is 13.8 Å². The zero-order valence-electron chi connectivity index (χ0n) is 33.9. The molecule has 3 unspecified atom stereocenters. The smallest absolute Gasteiger partial charge is 0.457 e. The Kier molecular flexibility index (Phi) is 39.0. The van der Waals surface area contributed by atoms with E-state index in [2.05, 4.69) is 86.8 Å². The summed E-state index contributed by atoms with van der Waals surface area (Å²) in [6.07, 6.45) is 47.3. The molecule has 9 nitrogen and oxygen atoms in total. The van der Waals surface area contributed by atoms with Gasteiger partial charge in [0, 0.05) is 13.0 Å². The number of aliphatic hydroxyl groups is 2. The van der Waals surface area contributed by atoms with Crippen LogP contribution in [0.2, 0.25) is 0 Å². The summed E-state index contributed by atoms with van der Waals surface area (Å²) >= 11 is 0. The van der Waals surface area contributed by atoms with E-state index in [1.807, 2.05) is 0 Å². The van der Waals surface area contributed by atoms with Crippen molar-refractivity contribution in [3.63, 3.8) is 0 Å². The number of ether oxygens (including phenoxy) is 2. The van der Waals surface area contributed by atoms with Crippen molar-refractivity contribution in [2.45, 2.75) is 167 Å². The number of phosphoric ester groups is 1. The number of esters is 1. The molecule has 0 saturated carbocycles. The summed E-state index contributed by atoms with van der Waals surface area (Å²) in [5.41, 5.74) is 0. The van der Waals surface area contributed by atoms with Crippen LogP contribution in [0.1, 0.15) is 155 Å². The molecular weight excluding hydrogens is 703 g/mol. The van der Waals surface area contributed by atoms with Crippen molar-refractivity contribution >= 4 is 13.8 Å². The molecule has 0 aromatic rings. The van der Waals surface area contributed by atoms with Crippen molar-refractivity contribution in [1.29, 1.82) is 0 Å². The number of unbranched alkanes of at least 4 members (excludes halogenated alkanes) is 13. The van der Waals surface area contributed by atoms with Gasteiger partial charge in [0.1, 0.15) is 12.2 Å². The summed E-state index contributed by atoms with van der Waals surface area (Å²) in [6.45, 7) is 3.31. The molecule has 0 fully saturated rings. The average Bonchev–Trinajstić information content (AvgIpc) is 3.16. The van der Waals surface area contributed by atoms with Gasteiger partial charge in [-0.3, -0.25) is 13.8 Å². The van der Waals surface area contributed by atoms with Crippen LogP contribution in [-0.2, 0) is 27.9 Å². The van der Waals surface area contributed by atoms with Crippen LogP contribution in [0.25, 0.3) is 0 Å². The molecule has 0 aliphatic heterocycles. The number of hydrogen-bond acceptors (Lipinski definition) is 8. The number of carbonyl (C=O) groups excluding carboxylic acids is 1. The van der Waals surface area contributed by atoms with Crippen LogP contribution in [0.5, 0.6) is 0 Å². The molecule has 0 saturated heterocycles. The van der Waals surface area contributed by atoms with Crippen LogP contribution in [0.4, 0.5) is 0 Å². The largest absolute Gasteiger partial charge is 0.472 e. The van der Waals surface area contributed by atoms with E-state index >= 15 is 0 Å². The summed E-state index contributed by atoms with van der Waals surface area (Å²) in [7, 11) is -4.52. The van der Waals surface area contributed by atoms with Crippen LogP contribution < -0.4 is 0 Å². The number of allylic oxidation sites excluding steroid dienone is 12. The summed E-state index contributed by atoms with van der Waals surface area (Å²) in [5.74, 6) is -0.397. The second-order valence-corrected chi connectivity index (χ2v) is 15.1. The van der Waals surface area contributed by atoms with Crippen LogP contribution >= 0.6 is 7.82 Å². The number of aliphatic hydroxyl groups excluding tert-OH is 2. The van der Waals surface area contributed by atoms with Gasteiger partial charge in [-0.25, -0.2) is 4.57 Å². The molecule has 0 aromatic heterocycles. The number of carbonyl (C=O) groups is 1. The zero-order chi connectivity index (χ0) is 39.6. The highest BCUT2D eigenvalue weighted by atomic mass is 31.2. The van der Waals surface area contributed by atoms with E-state index in [-0.39, 0.29) is 19.6 Å². The molecule has 3 N–H and O–H groups in total. The fraction of sp³-hybridized carbons (Fsp3) is 0.705. The highest BCUT2D eigenvalue weighted by molar-refractivity contribution is 7.47. The predicted octanol–water partition coefficient (Wildman–Crippen LogP) is 11.4. The Morgan fingerprint density at radius 3 is 1.59 bits per heavy atom. The zero-order valence-corrected chi connectivity index (χ0v) is 34.8. The van der Waals surface area contributed by atoms with E-state index in [1.165, 1.54) is 38.5 Å². The molecule has 312 valence electrons. The Bertz CT molecular complexity index is 1070. The monoisotopic (exact) mass is 781 g/mol. The topological polar surface area (TPSA) is 132 Å². The van der Waals surface area contributed by atoms with Gasteiger partial charge in [-0.2, -0.15) is 0 Å². The third-order valence-electron chi connectivity index (χ3n) is 8.41. The first-order valence-corrected chi connectivity index (χ1v) is 22.4. The predicted molar refractivity (Wildman–Crippen MR) is 223 cm³/mol. The lowest BCUT2D eigenvalue weighted by molar-refractivity contribution is -0.154. The second-order valence-electron chi connectivity index (χ2n) is 13.6. The third-order valence-corrected chi connectivity index (χ3v) is 9.36. The van der Waals surface area contributed by atoms with Gasteiger partial charge in [-0.1, -0.05) is 157 Å². The van der Waals surface area contributed by atoms with Gasteiger partial charge in [0.15, 0.2) is 0 Å². The summed E-state index contributed by atoms with van der Waals surface area (Å²) < 4.78 is 33.2. The average molecular weight is 781 g/mol. The van der Waals surface area contributed by atoms with Crippen LogP contribution in [0.3, 0.4) is 0 Å². The summed E-state index contributed by atoms with van der Waals surface area (Å²) in [6, 6.07) is 0. The van der Waals surface area contributed by atoms with Gasteiger partial charge in [0.2, 0.25) is 0 Å². The maximum absolute atomic E-state index is 12.5. The Hall–Kier alpha value is -2.10. The van der Waals surface area contributed by atoms with E-state index in [0.29, 0.717) is 6.61 Å². The van der Waals surface area contributed by atoms with E-state index in [0.717, 1.165) is 96.3 Å². The maximum atomic E-state index is 12.5. The van der Waals surface area contributed by atoms with Crippen LogP contribution in [0.15, 0.2) is 72.9 Å². The number of hydrogen-bond donors (Lipinski definition) is 3. The minimum Gasteiger partial charge on any atom is -0.457 e. The fourth-order valence-electron chi connectivity index (χ4n) is 5.24. The molecule has 0 spiro atoms. The molecule has 54 heavy (non-hydrogen) atoms. The first-order chi connectivity index (χ1) is 26.3. The minimum absolute atomic E-state index is 0.0332. The van der Waals surface area contributed by atoms with Crippen molar-refractivity contribution in [2.75, 3.05) is 33.0 Å². The maximum Gasteiger partial charge on any atom is 0.472 e. The minimum atomic E-state index is -4.52. The number of rotatable bonds is 39. The van der Waals surface area contributed by atoms with Gasteiger partial charge in [-0.15, -0.1) is 0 Å². The SMILES string of the molecule is CC/C=C\C/C=C\C/C=C\C/C=C\C/C=C\C/C=C\CCCCCCCOCC(COP(=O)(O)OCC(O)CO)OC(=O)CCCCCCCCCCC. The van der Waals surface area contributed by atoms with Crippen molar-refractivity contribution in [2.24, 2.45) is 0 Å². The van der Waals surface area contributed by atoms with Crippen LogP contribution in [0, 0.1) is 0 Å². The lowest BCUT2D eigenvalue weighted by Gasteiger charge is -2.20. The van der Waals surface area contributed by atoms with E-state index in [9.17, 15) is 19.4 Å². The van der Waals surface area contributed by atoms with Crippen molar-refractivity contribution in [3.8, 4) is 0 Å². The molecule has 0 amide bonds. The number of phosphoric acid groups is 1. The highest BCUT2D eigenvalue weighted by Crippen LogP contribution is 2.43. The molecule has 0 aliphatic rings. The Morgan fingerprint density at radius 1 is 0.593 bits per heavy atom. The molecule has 10 heteroatoms. The highest BCUT2D eigenvalue weighted by Gasteiger charge is 2.26. The van der Waals surface area contributed by atoms with E-state index < -0.39 is 39.2 Å². The molecule has 0 rings (SSSR count). The Morgan fingerprint density at radius 2 is 1.06 bits per heavy atom. The molecular formula is C44H77O9P. The van der Waals surface area contributed by atoms with Gasteiger partial charge < -0.3 is 24.6 Å².